The number of phenols is 1. The van der Waals surface area contributed by atoms with Crippen molar-refractivity contribution in [2.24, 2.45) is 0 Å². The van der Waals surface area contributed by atoms with Gasteiger partial charge in [0.05, 0.1) is 5.69 Å². The normalized spacial score (nSPS) is 15.3. The summed E-state index contributed by atoms with van der Waals surface area (Å²) >= 11 is 0. The molecule has 0 radical (unpaired) electrons. The van der Waals surface area contributed by atoms with Gasteiger partial charge >= 0.3 is 11.3 Å². The number of fused-ring (bicyclic) bond motifs is 2. The van der Waals surface area contributed by atoms with Gasteiger partial charge in [-0.25, -0.2) is 13.9 Å². The van der Waals surface area contributed by atoms with E-state index in [1.807, 2.05) is 32.6 Å². The van der Waals surface area contributed by atoms with Gasteiger partial charge in [-0.05, 0) is 61.1 Å². The van der Waals surface area contributed by atoms with Crippen LogP contribution in [0.25, 0.3) is 38.8 Å². The molecular weight excluding hydrogens is 575 g/mol. The van der Waals surface area contributed by atoms with Crippen molar-refractivity contribution in [1.29, 1.82) is 0 Å². The Morgan fingerprint density at radius 1 is 1.20 bits per heavy atom. The second-order valence-corrected chi connectivity index (χ2v) is 11.7. The summed E-state index contributed by atoms with van der Waals surface area (Å²) in [6, 6.07) is 12.6. The quantitative estimate of drug-likeness (QED) is 0.174. The lowest BCUT2D eigenvalue weighted by atomic mass is 10.00. The van der Waals surface area contributed by atoms with Crippen LogP contribution in [0.2, 0.25) is 0 Å². The van der Waals surface area contributed by atoms with Crippen molar-refractivity contribution < 1.29 is 19.0 Å². The Morgan fingerprint density at radius 2 is 1.93 bits per heavy atom. The van der Waals surface area contributed by atoms with Gasteiger partial charge in [0.25, 0.3) is 0 Å². The molecule has 230 valence electrons. The fourth-order valence-corrected chi connectivity index (χ4v) is 6.30. The highest BCUT2D eigenvalue weighted by Gasteiger charge is 2.34. The fraction of sp³-hybridized carbons (Fsp3) is 0.265. The summed E-state index contributed by atoms with van der Waals surface area (Å²) in [5.41, 5.74) is 0.644. The number of carbonyl (C=O) groups is 1. The third-order valence-corrected chi connectivity index (χ3v) is 8.43. The highest BCUT2D eigenvalue weighted by Crippen LogP contribution is 2.37. The lowest BCUT2D eigenvalue weighted by Crippen LogP contribution is -2.54. The first-order valence-corrected chi connectivity index (χ1v) is 14.8. The zero-order valence-electron chi connectivity index (χ0n) is 25.5. The molecular formula is C34H33FN6O4. The number of aromatic nitrogens is 4. The molecule has 0 spiro atoms. The summed E-state index contributed by atoms with van der Waals surface area (Å²) in [5, 5.41) is 26.5. The predicted octanol–water partition coefficient (Wildman–Crippen LogP) is 4.73. The summed E-state index contributed by atoms with van der Waals surface area (Å²) in [7, 11) is 0. The van der Waals surface area contributed by atoms with E-state index in [4.69, 9.17) is 0 Å². The molecule has 0 bridgehead atoms. The highest BCUT2D eigenvalue weighted by atomic mass is 19.1. The Labute approximate surface area is 258 Å². The molecule has 0 unspecified atom stereocenters. The van der Waals surface area contributed by atoms with Crippen molar-refractivity contribution in [3.05, 3.63) is 100 Å². The predicted molar refractivity (Wildman–Crippen MR) is 171 cm³/mol. The SMILES string of the molecule is C=CC(=O)N1CCN(c2nc(=O)n(-c3c(C)ccnc3C(C)C)c3c2cc(F)c(-c2cccc4cccc(O)c24)[n+]3[O-])[C@@H](C)C1. The largest absolute Gasteiger partial charge is 0.710 e. The Bertz CT molecular complexity index is 2070. The van der Waals surface area contributed by atoms with E-state index in [9.17, 15) is 19.9 Å². The molecule has 0 saturated carbocycles. The average Bonchev–Trinajstić information content (AvgIpc) is 3.01. The van der Waals surface area contributed by atoms with Crippen LogP contribution < -0.4 is 15.3 Å². The third-order valence-electron chi connectivity index (χ3n) is 8.43. The Morgan fingerprint density at radius 3 is 2.62 bits per heavy atom. The lowest BCUT2D eigenvalue weighted by molar-refractivity contribution is -0.569. The van der Waals surface area contributed by atoms with Crippen LogP contribution in [0.15, 0.2) is 72.2 Å². The van der Waals surface area contributed by atoms with Crippen molar-refractivity contribution in [1.82, 2.24) is 19.4 Å². The average molecular weight is 609 g/mol. The fourth-order valence-electron chi connectivity index (χ4n) is 6.30. The number of aromatic hydroxyl groups is 1. The Hall–Kier alpha value is -5.32. The van der Waals surface area contributed by atoms with Crippen LogP contribution in [-0.4, -0.2) is 56.1 Å². The van der Waals surface area contributed by atoms with E-state index in [2.05, 4.69) is 16.5 Å². The molecule has 5 aromatic rings. The molecule has 2 aromatic carbocycles. The van der Waals surface area contributed by atoms with Gasteiger partial charge in [0.15, 0.2) is 23.0 Å². The number of anilines is 1. The van der Waals surface area contributed by atoms with Gasteiger partial charge in [-0.3, -0.25) is 9.78 Å². The van der Waals surface area contributed by atoms with Gasteiger partial charge in [-0.2, -0.15) is 4.98 Å². The van der Waals surface area contributed by atoms with Gasteiger partial charge in [-0.1, -0.05) is 44.7 Å². The number of nitrogens with zero attached hydrogens (tertiary/aromatic N) is 6. The summed E-state index contributed by atoms with van der Waals surface area (Å²) in [5.74, 6) is -1.14. The zero-order valence-corrected chi connectivity index (χ0v) is 25.5. The minimum Gasteiger partial charge on any atom is -0.710 e. The number of hydrogen-bond donors (Lipinski definition) is 1. The second-order valence-electron chi connectivity index (χ2n) is 11.7. The first-order valence-electron chi connectivity index (χ1n) is 14.8. The first kappa shape index (κ1) is 29.7. The topological polar surface area (TPSA) is 119 Å². The van der Waals surface area contributed by atoms with Crippen molar-refractivity contribution in [3.63, 3.8) is 0 Å². The number of aryl methyl sites for hydroxylation is 1. The lowest BCUT2D eigenvalue weighted by Gasteiger charge is -2.40. The summed E-state index contributed by atoms with van der Waals surface area (Å²) in [6.45, 7) is 12.1. The molecule has 1 N–H and O–H groups in total. The number of amides is 1. The molecule has 11 heteroatoms. The standard InChI is InChI=1S/C34H33FN6O4/c1-6-27(43)38-15-16-39(21(5)18-38)32-24-17-25(35)31(23-11-7-9-22-10-8-12-26(42)28(22)23)41(45)33(24)40(34(44)37-32)30-20(4)13-14-36-29(30)19(2)3/h6-14,17,19,21,42H,1,15-16,18H2,2-5H3/t21-/m0/s1. The number of halogens is 1. The molecule has 1 saturated heterocycles. The van der Waals surface area contributed by atoms with E-state index in [-0.39, 0.29) is 51.7 Å². The summed E-state index contributed by atoms with van der Waals surface area (Å²) < 4.78 is 18.0. The van der Waals surface area contributed by atoms with Gasteiger partial charge in [0.2, 0.25) is 5.91 Å². The molecule has 6 rings (SSSR count). The monoisotopic (exact) mass is 608 g/mol. The minimum absolute atomic E-state index is 0.110. The third kappa shape index (κ3) is 4.84. The van der Waals surface area contributed by atoms with E-state index in [1.54, 1.807) is 47.5 Å². The van der Waals surface area contributed by atoms with Crippen molar-refractivity contribution >= 4 is 33.5 Å². The van der Waals surface area contributed by atoms with Crippen LogP contribution in [0.4, 0.5) is 10.2 Å². The number of rotatable bonds is 5. The number of benzene rings is 2. The molecule has 1 amide bonds. The van der Waals surface area contributed by atoms with Crippen molar-refractivity contribution in [2.75, 3.05) is 24.5 Å². The van der Waals surface area contributed by atoms with Crippen LogP contribution in [0.5, 0.6) is 5.75 Å². The molecule has 45 heavy (non-hydrogen) atoms. The van der Waals surface area contributed by atoms with E-state index in [1.165, 1.54) is 22.8 Å². The number of pyridine rings is 2. The van der Waals surface area contributed by atoms with E-state index >= 15 is 4.39 Å². The van der Waals surface area contributed by atoms with Crippen LogP contribution >= 0.6 is 0 Å². The van der Waals surface area contributed by atoms with Crippen LogP contribution in [0, 0.1) is 17.9 Å². The van der Waals surface area contributed by atoms with E-state index < -0.39 is 11.5 Å². The summed E-state index contributed by atoms with van der Waals surface area (Å²) in [6.07, 6.45) is 2.90. The van der Waals surface area contributed by atoms with Crippen LogP contribution in [-0.2, 0) is 4.79 Å². The smallest absolute Gasteiger partial charge is 0.442 e. The maximum Gasteiger partial charge on any atom is 0.442 e. The Balaban J connectivity index is 1.71. The number of piperazine rings is 1. The molecule has 0 aliphatic carbocycles. The van der Waals surface area contributed by atoms with Gasteiger partial charge in [0.1, 0.15) is 11.1 Å². The van der Waals surface area contributed by atoms with Crippen molar-refractivity contribution in [2.45, 2.75) is 39.7 Å². The minimum atomic E-state index is -0.846. The van der Waals surface area contributed by atoms with Crippen LogP contribution in [0.1, 0.15) is 37.9 Å². The molecule has 4 heterocycles. The van der Waals surface area contributed by atoms with Crippen LogP contribution in [0.3, 0.4) is 0 Å². The summed E-state index contributed by atoms with van der Waals surface area (Å²) in [4.78, 5) is 38.9. The van der Waals surface area contributed by atoms with Gasteiger partial charge in [0, 0.05) is 42.8 Å². The van der Waals surface area contributed by atoms with E-state index in [0.29, 0.717) is 52.1 Å². The molecule has 1 atom stereocenters. The van der Waals surface area contributed by atoms with Gasteiger partial charge in [-0.15, -0.1) is 4.57 Å². The van der Waals surface area contributed by atoms with Gasteiger partial charge < -0.3 is 20.1 Å². The molecule has 1 aliphatic heterocycles. The van der Waals surface area contributed by atoms with Crippen molar-refractivity contribution in [3.8, 4) is 22.7 Å². The molecule has 3 aromatic heterocycles. The molecule has 1 fully saturated rings. The first-order chi connectivity index (χ1) is 21.5. The number of hydrogen-bond acceptors (Lipinski definition) is 7. The van der Waals surface area contributed by atoms with E-state index in [0.717, 1.165) is 0 Å². The maximum absolute atomic E-state index is 16.4. The molecule has 1 aliphatic rings. The maximum atomic E-state index is 16.4. The number of phenolic OH excluding ortho intramolecular Hbond substituents is 1. The number of carbonyl (C=O) groups excluding carboxylic acids is 1. The second kappa shape index (κ2) is 11.3. The Kier molecular flexibility index (Phi) is 7.47. The molecule has 10 nitrogen and oxygen atoms in total. The zero-order chi connectivity index (χ0) is 32.2. The highest BCUT2D eigenvalue weighted by molar-refractivity contribution is 6.00.